The summed E-state index contributed by atoms with van der Waals surface area (Å²) in [7, 11) is -3.72. The number of thiophene rings is 1. The summed E-state index contributed by atoms with van der Waals surface area (Å²) in [4.78, 5) is 23.9. The van der Waals surface area contributed by atoms with Crippen LogP contribution in [0, 0.1) is 6.92 Å². The van der Waals surface area contributed by atoms with Gasteiger partial charge in [-0.2, -0.15) is 4.31 Å². The van der Waals surface area contributed by atoms with Crippen molar-refractivity contribution >= 4 is 33.2 Å². The van der Waals surface area contributed by atoms with E-state index in [9.17, 15) is 18.0 Å². The van der Waals surface area contributed by atoms with Crippen molar-refractivity contribution < 1.29 is 23.1 Å². The molecule has 1 saturated heterocycles. The second-order valence-corrected chi connectivity index (χ2v) is 8.61. The third-order valence-electron chi connectivity index (χ3n) is 3.51. The van der Waals surface area contributed by atoms with E-state index >= 15 is 0 Å². The van der Waals surface area contributed by atoms with E-state index in [1.807, 2.05) is 6.92 Å². The lowest BCUT2D eigenvalue weighted by Crippen LogP contribution is -2.49. The number of sulfonamides is 1. The second-order valence-electron chi connectivity index (χ2n) is 5.21. The number of carbonyl (C=O) groups excluding carboxylic acids is 1. The first-order valence-corrected chi connectivity index (χ1v) is 9.10. The van der Waals surface area contributed by atoms with E-state index in [1.54, 1.807) is 6.07 Å². The molecule has 0 spiro atoms. The minimum Gasteiger partial charge on any atom is -0.480 e. The van der Waals surface area contributed by atoms with Gasteiger partial charge in [0.1, 0.15) is 16.3 Å². The van der Waals surface area contributed by atoms with Crippen LogP contribution in [0.15, 0.2) is 16.3 Å². The number of nitrogens with zero attached hydrogens (tertiary/aromatic N) is 1. The smallest absolute Gasteiger partial charge is 0.325 e. The van der Waals surface area contributed by atoms with Crippen LogP contribution >= 0.6 is 11.3 Å². The van der Waals surface area contributed by atoms with Crippen molar-refractivity contribution in [1.29, 1.82) is 0 Å². The molecule has 1 amide bonds. The molecule has 0 saturated carbocycles. The third-order valence-corrected chi connectivity index (χ3v) is 6.89. The van der Waals surface area contributed by atoms with E-state index in [0.717, 1.165) is 16.2 Å². The molecule has 1 aliphatic rings. The summed E-state index contributed by atoms with van der Waals surface area (Å²) in [6.45, 7) is 3.42. The topological polar surface area (TPSA) is 104 Å². The quantitative estimate of drug-likeness (QED) is 0.821. The molecule has 0 aromatic carbocycles. The number of carbonyl (C=O) groups is 2. The molecule has 22 heavy (non-hydrogen) atoms. The number of rotatable bonds is 5. The summed E-state index contributed by atoms with van der Waals surface area (Å²) < 4.78 is 26.6. The van der Waals surface area contributed by atoms with Gasteiger partial charge in [-0.05, 0) is 38.8 Å². The molecule has 1 aliphatic heterocycles. The number of carboxylic acids is 1. The summed E-state index contributed by atoms with van der Waals surface area (Å²) in [6.07, 6.45) is 0.963. The zero-order valence-electron chi connectivity index (χ0n) is 12.3. The van der Waals surface area contributed by atoms with E-state index in [1.165, 1.54) is 17.3 Å². The molecule has 2 atom stereocenters. The Hall–Kier alpha value is -1.45. The first kappa shape index (κ1) is 16.9. The summed E-state index contributed by atoms with van der Waals surface area (Å²) in [5.74, 6) is -1.72. The van der Waals surface area contributed by atoms with Crippen LogP contribution in [0.25, 0.3) is 0 Å². The Labute approximate surface area is 133 Å². The van der Waals surface area contributed by atoms with Gasteiger partial charge in [0, 0.05) is 11.4 Å². The van der Waals surface area contributed by atoms with E-state index in [4.69, 9.17) is 5.11 Å². The molecular weight excluding hydrogens is 328 g/mol. The van der Waals surface area contributed by atoms with Crippen molar-refractivity contribution in [2.45, 2.75) is 43.0 Å². The number of amides is 1. The number of hydrogen-bond acceptors (Lipinski definition) is 5. The van der Waals surface area contributed by atoms with E-state index in [2.05, 4.69) is 5.32 Å². The Morgan fingerprint density at radius 2 is 2.14 bits per heavy atom. The Morgan fingerprint density at radius 1 is 1.45 bits per heavy atom. The lowest BCUT2D eigenvalue weighted by atomic mass is 10.2. The first-order chi connectivity index (χ1) is 10.2. The normalized spacial score (nSPS) is 20.7. The standard InChI is InChI=1S/C13H18N2O5S2/c1-8-5-6-11(21-8)22(19,20)15-7-3-4-10(15)12(16)14-9(2)13(17)18/h5-6,9-10H,3-4,7H2,1-2H3,(H,14,16)(H,17,18)/t9-,10?/m0/s1. The Kier molecular flexibility index (Phi) is 4.88. The predicted molar refractivity (Wildman–Crippen MR) is 81.2 cm³/mol. The van der Waals surface area contributed by atoms with Crippen LogP contribution in [0.1, 0.15) is 24.6 Å². The van der Waals surface area contributed by atoms with Crippen LogP contribution in [0.3, 0.4) is 0 Å². The average Bonchev–Trinajstić information content (AvgIpc) is 3.07. The molecule has 0 aliphatic carbocycles. The zero-order chi connectivity index (χ0) is 16.5. The zero-order valence-corrected chi connectivity index (χ0v) is 13.9. The summed E-state index contributed by atoms with van der Waals surface area (Å²) in [5.41, 5.74) is 0. The number of aryl methyl sites for hydroxylation is 1. The van der Waals surface area contributed by atoms with Gasteiger partial charge < -0.3 is 10.4 Å². The summed E-state index contributed by atoms with van der Waals surface area (Å²) >= 11 is 1.16. The van der Waals surface area contributed by atoms with Crippen molar-refractivity contribution in [1.82, 2.24) is 9.62 Å². The molecule has 122 valence electrons. The molecule has 2 N–H and O–H groups in total. The van der Waals surface area contributed by atoms with E-state index in [-0.39, 0.29) is 10.8 Å². The molecule has 9 heteroatoms. The van der Waals surface area contributed by atoms with Gasteiger partial charge in [0.05, 0.1) is 0 Å². The van der Waals surface area contributed by atoms with Gasteiger partial charge in [0.25, 0.3) is 10.0 Å². The molecule has 1 unspecified atom stereocenters. The Balaban J connectivity index is 2.20. The molecule has 1 fully saturated rings. The molecule has 1 aromatic rings. The molecule has 7 nitrogen and oxygen atoms in total. The van der Waals surface area contributed by atoms with Gasteiger partial charge in [-0.3, -0.25) is 9.59 Å². The van der Waals surface area contributed by atoms with Gasteiger partial charge in [-0.15, -0.1) is 11.3 Å². The van der Waals surface area contributed by atoms with Crippen molar-refractivity contribution in [2.24, 2.45) is 0 Å². The molecule has 0 bridgehead atoms. The maximum Gasteiger partial charge on any atom is 0.325 e. The fourth-order valence-corrected chi connectivity index (χ4v) is 5.40. The van der Waals surface area contributed by atoms with E-state index < -0.39 is 34.0 Å². The van der Waals surface area contributed by atoms with Crippen LogP contribution in [0.4, 0.5) is 0 Å². The lowest BCUT2D eigenvalue weighted by Gasteiger charge is -2.23. The van der Waals surface area contributed by atoms with Crippen molar-refractivity contribution in [3.8, 4) is 0 Å². The van der Waals surface area contributed by atoms with Gasteiger partial charge in [-0.1, -0.05) is 0 Å². The molecule has 2 rings (SSSR count). The van der Waals surface area contributed by atoms with Gasteiger partial charge >= 0.3 is 5.97 Å². The average molecular weight is 346 g/mol. The van der Waals surface area contributed by atoms with Crippen LogP contribution in [0.2, 0.25) is 0 Å². The highest BCUT2D eigenvalue weighted by atomic mass is 32.2. The maximum atomic E-state index is 12.6. The molecule has 2 heterocycles. The van der Waals surface area contributed by atoms with Gasteiger partial charge in [0.2, 0.25) is 5.91 Å². The lowest BCUT2D eigenvalue weighted by molar-refractivity contribution is -0.141. The van der Waals surface area contributed by atoms with Crippen LogP contribution in [-0.4, -0.2) is 48.3 Å². The highest BCUT2D eigenvalue weighted by molar-refractivity contribution is 7.91. The number of nitrogens with one attached hydrogen (secondary N) is 1. The Morgan fingerprint density at radius 3 is 2.68 bits per heavy atom. The van der Waals surface area contributed by atoms with Crippen LogP contribution < -0.4 is 5.32 Å². The highest BCUT2D eigenvalue weighted by Crippen LogP contribution is 2.30. The number of hydrogen-bond donors (Lipinski definition) is 2. The minimum absolute atomic E-state index is 0.205. The predicted octanol–water partition coefficient (Wildman–Crippen LogP) is 0.799. The maximum absolute atomic E-state index is 12.6. The SMILES string of the molecule is Cc1ccc(S(=O)(=O)N2CCCC2C(=O)N[C@@H](C)C(=O)O)s1. The third kappa shape index (κ3) is 3.31. The monoisotopic (exact) mass is 346 g/mol. The van der Waals surface area contributed by atoms with Crippen molar-refractivity contribution in [3.63, 3.8) is 0 Å². The molecule has 0 radical (unpaired) electrons. The number of aliphatic carboxylic acids is 1. The fraction of sp³-hybridized carbons (Fsp3) is 0.538. The van der Waals surface area contributed by atoms with Gasteiger partial charge in [-0.25, -0.2) is 8.42 Å². The largest absolute Gasteiger partial charge is 0.480 e. The first-order valence-electron chi connectivity index (χ1n) is 6.85. The van der Waals surface area contributed by atoms with Crippen molar-refractivity contribution in [2.75, 3.05) is 6.54 Å². The second kappa shape index (κ2) is 6.35. The summed E-state index contributed by atoms with van der Waals surface area (Å²) in [5, 5.41) is 11.2. The van der Waals surface area contributed by atoms with Gasteiger partial charge in [0.15, 0.2) is 0 Å². The highest BCUT2D eigenvalue weighted by Gasteiger charge is 2.40. The van der Waals surface area contributed by atoms with E-state index in [0.29, 0.717) is 12.8 Å². The molecular formula is C13H18N2O5S2. The minimum atomic E-state index is -3.72. The Bertz CT molecular complexity index is 682. The fourth-order valence-electron chi connectivity index (χ4n) is 2.33. The molecule has 1 aromatic heterocycles. The van der Waals surface area contributed by atoms with Crippen molar-refractivity contribution in [3.05, 3.63) is 17.0 Å². The van der Waals surface area contributed by atoms with Crippen LogP contribution in [0.5, 0.6) is 0 Å². The summed E-state index contributed by atoms with van der Waals surface area (Å²) in [6, 6.07) is 1.34. The van der Waals surface area contributed by atoms with Crippen LogP contribution in [-0.2, 0) is 19.6 Å². The number of carboxylic acid groups (broad SMARTS) is 1.